The molecule has 32 heavy (non-hydrogen) atoms. The molecular weight excluding hydrogens is 480 g/mol. The summed E-state index contributed by atoms with van der Waals surface area (Å²) in [6.07, 6.45) is 10.4. The van der Waals surface area contributed by atoms with E-state index in [1.54, 1.807) is 12.4 Å². The maximum absolute atomic E-state index is 13.7. The van der Waals surface area contributed by atoms with Crippen LogP contribution in [0, 0.1) is 29.4 Å². The molecule has 2 heterocycles. The number of piperidine rings is 1. The molecule has 0 spiro atoms. The average molecular weight is 510 g/mol. The lowest BCUT2D eigenvalue weighted by molar-refractivity contribution is 0.186. The van der Waals surface area contributed by atoms with Crippen molar-refractivity contribution in [3.05, 3.63) is 40.6 Å². The van der Waals surface area contributed by atoms with Gasteiger partial charge in [0.25, 0.3) is 0 Å². The summed E-state index contributed by atoms with van der Waals surface area (Å²) in [5.74, 6) is 2.46. The number of rotatable bonds is 8. The summed E-state index contributed by atoms with van der Waals surface area (Å²) >= 11 is 2.89. The fourth-order valence-electron chi connectivity index (χ4n) is 5.23. The van der Waals surface area contributed by atoms with Crippen LogP contribution in [0.5, 0.6) is 11.5 Å². The average Bonchev–Trinajstić information content (AvgIpc) is 3.27. The van der Waals surface area contributed by atoms with E-state index in [-0.39, 0.29) is 10.2 Å². The Morgan fingerprint density at radius 3 is 2.34 bits per heavy atom. The molecule has 2 fully saturated rings. The van der Waals surface area contributed by atoms with Gasteiger partial charge >= 0.3 is 0 Å². The highest BCUT2D eigenvalue weighted by Crippen LogP contribution is 2.43. The predicted molar refractivity (Wildman–Crippen MR) is 123 cm³/mol. The summed E-state index contributed by atoms with van der Waals surface area (Å²) in [6.45, 7) is 4.98. The third kappa shape index (κ3) is 5.50. The Morgan fingerprint density at radius 1 is 1.00 bits per heavy atom. The van der Waals surface area contributed by atoms with Gasteiger partial charge in [-0.1, -0.05) is 12.8 Å². The van der Waals surface area contributed by atoms with E-state index in [1.807, 2.05) is 6.92 Å². The summed E-state index contributed by atoms with van der Waals surface area (Å²) in [5.41, 5.74) is 0. The quantitative estimate of drug-likeness (QED) is 0.407. The molecule has 2 aliphatic rings. The molecule has 1 aromatic carbocycles. The number of nitrogens with zero attached hydrogens (tertiary/aromatic N) is 3. The Kier molecular flexibility index (Phi) is 7.81. The van der Waals surface area contributed by atoms with Gasteiger partial charge < -0.3 is 14.4 Å². The SMILES string of the molecule is CCOc1cnc(N2CCC([C@@H]3CCC[C@H]3CCOc3cc(F)c(Br)c(F)c3)CC2)nc1. The van der Waals surface area contributed by atoms with Gasteiger partial charge in [-0.15, -0.1) is 0 Å². The van der Waals surface area contributed by atoms with E-state index in [0.717, 1.165) is 38.3 Å². The Morgan fingerprint density at radius 2 is 1.69 bits per heavy atom. The number of hydrogen-bond acceptors (Lipinski definition) is 5. The minimum Gasteiger partial charge on any atom is -0.493 e. The van der Waals surface area contributed by atoms with Gasteiger partial charge in [0.15, 0.2) is 5.75 Å². The highest BCUT2D eigenvalue weighted by Gasteiger charge is 2.35. The molecule has 2 aromatic rings. The Bertz CT molecular complexity index is 868. The first-order chi connectivity index (χ1) is 15.5. The number of anilines is 1. The van der Waals surface area contributed by atoms with Crippen molar-refractivity contribution < 1.29 is 18.3 Å². The van der Waals surface area contributed by atoms with Crippen molar-refractivity contribution in [2.75, 3.05) is 31.2 Å². The lowest BCUT2D eigenvalue weighted by Gasteiger charge is -2.37. The molecule has 1 aliphatic heterocycles. The van der Waals surface area contributed by atoms with E-state index in [1.165, 1.54) is 31.4 Å². The molecule has 0 radical (unpaired) electrons. The predicted octanol–water partition coefficient (Wildman–Crippen LogP) is 6.02. The molecule has 4 rings (SSSR count). The van der Waals surface area contributed by atoms with Crippen LogP contribution >= 0.6 is 15.9 Å². The number of ether oxygens (including phenoxy) is 2. The zero-order valence-corrected chi connectivity index (χ0v) is 20.0. The first-order valence-corrected chi connectivity index (χ1v) is 12.3. The van der Waals surface area contributed by atoms with Gasteiger partial charge in [-0.25, -0.2) is 18.7 Å². The van der Waals surface area contributed by atoms with Crippen LogP contribution in [0.3, 0.4) is 0 Å². The largest absolute Gasteiger partial charge is 0.493 e. The first kappa shape index (κ1) is 23.2. The summed E-state index contributed by atoms with van der Waals surface area (Å²) in [7, 11) is 0. The lowest BCUT2D eigenvalue weighted by Crippen LogP contribution is -2.38. The molecule has 1 saturated heterocycles. The fourth-order valence-corrected chi connectivity index (χ4v) is 5.46. The van der Waals surface area contributed by atoms with E-state index in [9.17, 15) is 8.78 Å². The highest BCUT2D eigenvalue weighted by atomic mass is 79.9. The molecule has 0 unspecified atom stereocenters. The Hall–Kier alpha value is -1.96. The van der Waals surface area contributed by atoms with Crippen LogP contribution in [0.4, 0.5) is 14.7 Å². The van der Waals surface area contributed by atoms with Crippen LogP contribution in [0.25, 0.3) is 0 Å². The Balaban J connectivity index is 1.26. The van der Waals surface area contributed by atoms with E-state index in [2.05, 4.69) is 30.8 Å². The van der Waals surface area contributed by atoms with Crippen LogP contribution in [0.1, 0.15) is 45.4 Å². The molecule has 1 aliphatic carbocycles. The maximum atomic E-state index is 13.7. The lowest BCUT2D eigenvalue weighted by atomic mass is 9.77. The van der Waals surface area contributed by atoms with Gasteiger partial charge in [-0.2, -0.15) is 0 Å². The summed E-state index contributed by atoms with van der Waals surface area (Å²) in [4.78, 5) is 11.2. The molecule has 0 N–H and O–H groups in total. The summed E-state index contributed by atoms with van der Waals surface area (Å²) in [6, 6.07) is 2.47. The van der Waals surface area contributed by atoms with Crippen LogP contribution in [-0.4, -0.2) is 36.3 Å². The van der Waals surface area contributed by atoms with Gasteiger partial charge in [0.1, 0.15) is 17.4 Å². The number of aromatic nitrogens is 2. The van der Waals surface area contributed by atoms with Crippen molar-refractivity contribution in [3.63, 3.8) is 0 Å². The van der Waals surface area contributed by atoms with Crippen molar-refractivity contribution >= 4 is 21.9 Å². The van der Waals surface area contributed by atoms with E-state index >= 15 is 0 Å². The monoisotopic (exact) mass is 509 g/mol. The zero-order valence-electron chi connectivity index (χ0n) is 18.4. The van der Waals surface area contributed by atoms with Gasteiger partial charge in [-0.05, 0) is 66.3 Å². The Labute approximate surface area is 196 Å². The molecular formula is C24H30BrF2N3O2. The first-order valence-electron chi connectivity index (χ1n) is 11.5. The van der Waals surface area contributed by atoms with Crippen LogP contribution < -0.4 is 14.4 Å². The van der Waals surface area contributed by atoms with Crippen LogP contribution in [0.2, 0.25) is 0 Å². The second-order valence-corrected chi connectivity index (χ2v) is 9.46. The minimum absolute atomic E-state index is 0.150. The number of hydrogen-bond donors (Lipinski definition) is 0. The van der Waals surface area contributed by atoms with E-state index in [0.29, 0.717) is 36.7 Å². The van der Waals surface area contributed by atoms with Gasteiger partial charge in [0.2, 0.25) is 5.95 Å². The van der Waals surface area contributed by atoms with Crippen LogP contribution in [0.15, 0.2) is 29.0 Å². The molecule has 174 valence electrons. The summed E-state index contributed by atoms with van der Waals surface area (Å²) in [5, 5.41) is 0. The molecule has 1 aromatic heterocycles. The van der Waals surface area contributed by atoms with Crippen molar-refractivity contribution in [1.82, 2.24) is 9.97 Å². The topological polar surface area (TPSA) is 47.5 Å². The molecule has 1 saturated carbocycles. The third-order valence-electron chi connectivity index (χ3n) is 6.79. The van der Waals surface area contributed by atoms with Gasteiger partial charge in [0, 0.05) is 25.2 Å². The van der Waals surface area contributed by atoms with Gasteiger partial charge in [-0.3, -0.25) is 0 Å². The standard InChI is InChI=1S/C24H30BrF2N3O2/c1-2-31-19-14-28-24(29-15-19)30-9-6-17(7-10-30)20-5-3-4-16(20)8-11-32-18-12-21(26)23(25)22(27)13-18/h12-17,20H,2-11H2,1H3/t16-,20+/m0/s1. The van der Waals surface area contributed by atoms with E-state index in [4.69, 9.17) is 9.47 Å². The number of halogens is 3. The second kappa shape index (κ2) is 10.8. The molecule has 0 amide bonds. The maximum Gasteiger partial charge on any atom is 0.225 e. The van der Waals surface area contributed by atoms with Crippen molar-refractivity contribution in [3.8, 4) is 11.5 Å². The second-order valence-electron chi connectivity index (χ2n) is 8.67. The minimum atomic E-state index is -0.637. The van der Waals surface area contributed by atoms with Gasteiger partial charge in [0.05, 0.1) is 30.1 Å². The smallest absolute Gasteiger partial charge is 0.225 e. The van der Waals surface area contributed by atoms with Crippen LogP contribution in [-0.2, 0) is 0 Å². The third-order valence-corrected chi connectivity index (χ3v) is 7.54. The van der Waals surface area contributed by atoms with Crippen molar-refractivity contribution in [2.24, 2.45) is 17.8 Å². The molecule has 5 nitrogen and oxygen atoms in total. The fraction of sp³-hybridized carbons (Fsp3) is 0.583. The molecule has 2 atom stereocenters. The molecule has 8 heteroatoms. The molecule has 0 bridgehead atoms. The highest BCUT2D eigenvalue weighted by molar-refractivity contribution is 9.10. The van der Waals surface area contributed by atoms with E-state index < -0.39 is 11.6 Å². The van der Waals surface area contributed by atoms with Crippen molar-refractivity contribution in [1.29, 1.82) is 0 Å². The summed E-state index contributed by atoms with van der Waals surface area (Å²) < 4.78 is 38.4. The normalized spacial score (nSPS) is 21.7. The zero-order chi connectivity index (χ0) is 22.5. The van der Waals surface area contributed by atoms with Crippen molar-refractivity contribution in [2.45, 2.75) is 45.4 Å². The number of benzene rings is 1.